The molecule has 1 heterocycles. The number of benzene rings is 2. The normalized spacial score (nSPS) is 15.9. The van der Waals surface area contributed by atoms with Gasteiger partial charge in [-0.15, -0.1) is 11.8 Å². The first-order valence-electron chi connectivity index (χ1n) is 9.10. The van der Waals surface area contributed by atoms with Crippen LogP contribution in [-0.4, -0.2) is 36.2 Å². The summed E-state index contributed by atoms with van der Waals surface area (Å²) in [6.07, 6.45) is 0.174. The summed E-state index contributed by atoms with van der Waals surface area (Å²) in [5.74, 6) is -0.865. The van der Waals surface area contributed by atoms with Crippen molar-refractivity contribution in [2.75, 3.05) is 22.6 Å². The molecule has 2 amide bonds. The van der Waals surface area contributed by atoms with Crippen molar-refractivity contribution in [3.8, 4) is 0 Å². The fourth-order valence-electron chi connectivity index (χ4n) is 3.13. The molecule has 0 radical (unpaired) electrons. The Morgan fingerprint density at radius 2 is 2.03 bits per heavy atom. The Morgan fingerprint density at radius 1 is 1.28 bits per heavy atom. The number of halogens is 1. The molecule has 0 saturated carbocycles. The van der Waals surface area contributed by atoms with Gasteiger partial charge in [0.2, 0.25) is 5.91 Å². The average Bonchev–Trinajstić information content (AvgIpc) is 2.79. The standard InChI is InChI=1S/C21H21BrN2O4S/c1-13-9-15(22)7-8-18(13)29-12-21(27)28-11-20(26)24-14(2)10-19(25)23-16-5-3-4-6-17(16)24/h3-9,14H,10-12H2,1-2H3,(H,23,25). The second-order valence-electron chi connectivity index (χ2n) is 6.74. The van der Waals surface area contributed by atoms with Gasteiger partial charge in [0.15, 0.2) is 6.61 Å². The molecule has 1 atom stereocenters. The maximum atomic E-state index is 12.8. The predicted molar refractivity (Wildman–Crippen MR) is 117 cm³/mol. The number of ether oxygens (including phenoxy) is 1. The van der Waals surface area contributed by atoms with E-state index in [2.05, 4.69) is 21.2 Å². The molecule has 1 aliphatic heterocycles. The third-order valence-corrected chi connectivity index (χ3v) is 6.11. The summed E-state index contributed by atoms with van der Waals surface area (Å²) in [7, 11) is 0. The smallest absolute Gasteiger partial charge is 0.316 e. The highest BCUT2D eigenvalue weighted by Crippen LogP contribution is 2.31. The number of carbonyl (C=O) groups is 3. The number of fused-ring (bicyclic) bond motifs is 1. The van der Waals surface area contributed by atoms with E-state index in [0.29, 0.717) is 11.4 Å². The first kappa shape index (κ1) is 21.4. The number of esters is 1. The van der Waals surface area contributed by atoms with Crippen molar-refractivity contribution < 1.29 is 19.1 Å². The van der Waals surface area contributed by atoms with E-state index in [1.54, 1.807) is 31.2 Å². The molecule has 0 fully saturated rings. The highest BCUT2D eigenvalue weighted by atomic mass is 79.9. The van der Waals surface area contributed by atoms with Crippen LogP contribution in [0, 0.1) is 6.92 Å². The van der Waals surface area contributed by atoms with Gasteiger partial charge in [-0.25, -0.2) is 0 Å². The van der Waals surface area contributed by atoms with Crippen molar-refractivity contribution in [2.45, 2.75) is 31.2 Å². The van der Waals surface area contributed by atoms with Crippen molar-refractivity contribution in [1.29, 1.82) is 0 Å². The molecule has 8 heteroatoms. The molecule has 3 rings (SSSR count). The van der Waals surface area contributed by atoms with Crippen LogP contribution in [0.5, 0.6) is 0 Å². The second-order valence-corrected chi connectivity index (χ2v) is 8.67. The Bertz CT molecular complexity index is 950. The lowest BCUT2D eigenvalue weighted by atomic mass is 10.1. The lowest BCUT2D eigenvalue weighted by molar-refractivity contribution is -0.145. The van der Waals surface area contributed by atoms with Crippen molar-refractivity contribution >= 4 is 56.9 Å². The van der Waals surface area contributed by atoms with Gasteiger partial charge in [-0.1, -0.05) is 28.1 Å². The maximum Gasteiger partial charge on any atom is 0.316 e. The zero-order valence-electron chi connectivity index (χ0n) is 16.1. The van der Waals surface area contributed by atoms with Crippen LogP contribution in [0.1, 0.15) is 18.9 Å². The third kappa shape index (κ3) is 5.39. The summed E-state index contributed by atoms with van der Waals surface area (Å²) in [5.41, 5.74) is 2.23. The summed E-state index contributed by atoms with van der Waals surface area (Å²) in [4.78, 5) is 39.5. The molecule has 2 aromatic rings. The Hall–Kier alpha value is -2.32. The van der Waals surface area contributed by atoms with Crippen LogP contribution in [0.25, 0.3) is 0 Å². The number of amides is 2. The number of anilines is 2. The van der Waals surface area contributed by atoms with Crippen LogP contribution in [-0.2, 0) is 19.1 Å². The van der Waals surface area contributed by atoms with Gasteiger partial charge in [0, 0.05) is 21.8 Å². The fourth-order valence-corrected chi connectivity index (χ4v) is 4.42. The summed E-state index contributed by atoms with van der Waals surface area (Å²) < 4.78 is 6.19. The molecule has 1 unspecified atom stereocenters. The van der Waals surface area contributed by atoms with E-state index in [9.17, 15) is 14.4 Å². The van der Waals surface area contributed by atoms with Crippen LogP contribution in [0.15, 0.2) is 51.8 Å². The predicted octanol–water partition coefficient (Wildman–Crippen LogP) is 4.16. The number of nitrogens with zero attached hydrogens (tertiary/aromatic N) is 1. The number of rotatable bonds is 5. The molecule has 0 aliphatic carbocycles. The minimum atomic E-state index is -0.462. The number of nitrogens with one attached hydrogen (secondary N) is 1. The van der Waals surface area contributed by atoms with Crippen molar-refractivity contribution in [3.05, 3.63) is 52.5 Å². The van der Waals surface area contributed by atoms with E-state index >= 15 is 0 Å². The van der Waals surface area contributed by atoms with E-state index in [1.807, 2.05) is 25.1 Å². The molecular formula is C21H21BrN2O4S. The first-order chi connectivity index (χ1) is 13.8. The number of thioether (sulfide) groups is 1. The molecule has 6 nitrogen and oxygen atoms in total. The van der Waals surface area contributed by atoms with Crippen molar-refractivity contribution in [2.24, 2.45) is 0 Å². The minimum Gasteiger partial charge on any atom is -0.455 e. The van der Waals surface area contributed by atoms with Gasteiger partial charge in [-0.05, 0) is 49.7 Å². The minimum absolute atomic E-state index is 0.113. The SMILES string of the molecule is Cc1cc(Br)ccc1SCC(=O)OCC(=O)N1c2ccccc2NC(=O)CC1C. The lowest BCUT2D eigenvalue weighted by Gasteiger charge is -2.27. The first-order valence-corrected chi connectivity index (χ1v) is 10.9. The molecule has 0 aromatic heterocycles. The highest BCUT2D eigenvalue weighted by molar-refractivity contribution is 9.10. The van der Waals surface area contributed by atoms with Crippen molar-refractivity contribution in [3.63, 3.8) is 0 Å². The van der Waals surface area contributed by atoms with E-state index < -0.39 is 5.97 Å². The molecule has 1 aliphatic rings. The van der Waals surface area contributed by atoms with Crippen LogP contribution in [0.4, 0.5) is 11.4 Å². The second kappa shape index (κ2) is 9.45. The topological polar surface area (TPSA) is 75.7 Å². The summed E-state index contributed by atoms with van der Waals surface area (Å²) in [6.45, 7) is 3.40. The molecule has 29 heavy (non-hydrogen) atoms. The quantitative estimate of drug-likeness (QED) is 0.517. The Kier molecular flexibility index (Phi) is 6.97. The van der Waals surface area contributed by atoms with Crippen LogP contribution < -0.4 is 10.2 Å². The summed E-state index contributed by atoms with van der Waals surface area (Å²) in [6, 6.07) is 12.6. The van der Waals surface area contributed by atoms with Gasteiger partial charge in [0.05, 0.1) is 17.1 Å². The van der Waals surface area contributed by atoms with Crippen LogP contribution in [0.3, 0.4) is 0 Å². The van der Waals surface area contributed by atoms with E-state index in [0.717, 1.165) is 14.9 Å². The van der Waals surface area contributed by atoms with Gasteiger partial charge in [0.1, 0.15) is 0 Å². The Balaban J connectivity index is 1.61. The molecule has 2 aromatic carbocycles. The van der Waals surface area contributed by atoms with E-state index in [1.165, 1.54) is 16.7 Å². The molecule has 1 N–H and O–H groups in total. The monoisotopic (exact) mass is 476 g/mol. The average molecular weight is 477 g/mol. The van der Waals surface area contributed by atoms with Crippen LogP contribution in [0.2, 0.25) is 0 Å². The van der Waals surface area contributed by atoms with Gasteiger partial charge in [-0.2, -0.15) is 0 Å². The highest BCUT2D eigenvalue weighted by Gasteiger charge is 2.30. The zero-order valence-corrected chi connectivity index (χ0v) is 18.5. The number of hydrogen-bond donors (Lipinski definition) is 1. The number of aryl methyl sites for hydroxylation is 1. The number of carbonyl (C=O) groups excluding carboxylic acids is 3. The summed E-state index contributed by atoms with van der Waals surface area (Å²) in [5, 5.41) is 2.80. The summed E-state index contributed by atoms with van der Waals surface area (Å²) >= 11 is 4.78. The lowest BCUT2D eigenvalue weighted by Crippen LogP contribution is -2.41. The fraction of sp³-hybridized carbons (Fsp3) is 0.286. The largest absolute Gasteiger partial charge is 0.455 e. The molecular weight excluding hydrogens is 456 g/mol. The Labute approximate surface area is 182 Å². The zero-order chi connectivity index (χ0) is 21.0. The van der Waals surface area contributed by atoms with Crippen LogP contribution >= 0.6 is 27.7 Å². The maximum absolute atomic E-state index is 12.8. The number of para-hydroxylation sites is 2. The van der Waals surface area contributed by atoms with Crippen molar-refractivity contribution in [1.82, 2.24) is 0 Å². The van der Waals surface area contributed by atoms with E-state index in [4.69, 9.17) is 4.74 Å². The molecule has 152 valence electrons. The molecule has 0 bridgehead atoms. The number of hydrogen-bond acceptors (Lipinski definition) is 5. The van der Waals surface area contributed by atoms with Gasteiger partial charge in [-0.3, -0.25) is 14.4 Å². The van der Waals surface area contributed by atoms with E-state index in [-0.39, 0.29) is 36.6 Å². The third-order valence-electron chi connectivity index (χ3n) is 4.47. The Morgan fingerprint density at radius 3 is 2.79 bits per heavy atom. The van der Waals surface area contributed by atoms with Gasteiger partial charge < -0.3 is 15.0 Å². The molecule has 0 spiro atoms. The molecule has 0 saturated heterocycles. The van der Waals surface area contributed by atoms with Gasteiger partial charge >= 0.3 is 5.97 Å². The van der Waals surface area contributed by atoms with Gasteiger partial charge in [0.25, 0.3) is 5.91 Å².